The van der Waals surface area contributed by atoms with Crippen LogP contribution in [0.5, 0.6) is 0 Å². The molecule has 1 atom stereocenters. The Kier molecular flexibility index (Phi) is 10.5. The van der Waals surface area contributed by atoms with Gasteiger partial charge in [0, 0.05) is 18.2 Å². The molecule has 1 unspecified atom stereocenters. The third-order valence-corrected chi connectivity index (χ3v) is 2.72. The van der Waals surface area contributed by atoms with Crippen LogP contribution in [-0.2, 0) is 14.9 Å². The summed E-state index contributed by atoms with van der Waals surface area (Å²) in [5, 5.41) is 2.56. The Morgan fingerprint density at radius 3 is 2.40 bits per heavy atom. The molecule has 0 rings (SSSR count). The molecule has 0 fully saturated rings. The molecule has 0 aliphatic heterocycles. The monoisotopic (exact) mass is 262 g/mol. The number of carbonyl (C=O) groups excluding carboxylic acids is 1. The zero-order chi connectivity index (χ0) is 11.2. The van der Waals surface area contributed by atoms with Gasteiger partial charge in [-0.2, -0.15) is 0 Å². The molecule has 0 bridgehead atoms. The number of hydrogen-bond donors (Lipinski definition) is 1. The predicted octanol–water partition coefficient (Wildman–Crippen LogP) is -0.297. The Morgan fingerprint density at radius 2 is 2.00 bits per heavy atom. The first-order valence-corrected chi connectivity index (χ1v) is 6.16. The number of hydrogen-bond acceptors (Lipinski definition) is 4. The minimum absolute atomic E-state index is 0. The first-order chi connectivity index (χ1) is 6.37. The van der Waals surface area contributed by atoms with Crippen LogP contribution in [0.1, 0.15) is 26.7 Å². The van der Waals surface area contributed by atoms with Gasteiger partial charge in [-0.3, -0.25) is 4.79 Å². The van der Waals surface area contributed by atoms with E-state index >= 15 is 0 Å². The van der Waals surface area contributed by atoms with Gasteiger partial charge < -0.3 is 9.87 Å². The smallest absolute Gasteiger partial charge is 0.748 e. The van der Waals surface area contributed by atoms with Crippen molar-refractivity contribution < 1.29 is 17.8 Å². The molecule has 84 valence electrons. The maximum Gasteiger partial charge on any atom is 2.00 e. The van der Waals surface area contributed by atoms with Crippen molar-refractivity contribution in [2.24, 2.45) is 5.92 Å². The Labute approximate surface area is 121 Å². The molecule has 0 heterocycles. The summed E-state index contributed by atoms with van der Waals surface area (Å²) in [4.78, 5) is 11.2. The molecular weight excluding hydrogens is 246 g/mol. The molecule has 1 N–H and O–H groups in total. The maximum atomic E-state index is 11.2. The maximum absolute atomic E-state index is 11.2. The predicted molar refractivity (Wildman–Crippen MR) is 57.4 cm³/mol. The SMILES string of the molecule is CCC(C)C(=O)NCCCS(=O)(=O)[O-].[Ca+2]. The van der Waals surface area contributed by atoms with Gasteiger partial charge in [0.25, 0.3) is 0 Å². The second-order valence-corrected chi connectivity index (χ2v) is 4.74. The Hall–Kier alpha value is 0.640. The molecule has 0 aliphatic rings. The van der Waals surface area contributed by atoms with Crippen LogP contribution in [0.25, 0.3) is 0 Å². The Balaban J connectivity index is 0. The van der Waals surface area contributed by atoms with Crippen molar-refractivity contribution in [1.29, 1.82) is 0 Å². The van der Waals surface area contributed by atoms with Crippen LogP contribution >= 0.6 is 0 Å². The Morgan fingerprint density at radius 1 is 1.47 bits per heavy atom. The van der Waals surface area contributed by atoms with Gasteiger partial charge in [0.05, 0.1) is 10.1 Å². The largest absolute Gasteiger partial charge is 2.00 e. The third-order valence-electron chi connectivity index (χ3n) is 1.93. The van der Waals surface area contributed by atoms with Crippen LogP contribution in [0.4, 0.5) is 0 Å². The van der Waals surface area contributed by atoms with Crippen LogP contribution in [0.2, 0.25) is 0 Å². The third kappa shape index (κ3) is 10.9. The quantitative estimate of drug-likeness (QED) is 0.404. The normalized spacial score (nSPS) is 12.7. The van der Waals surface area contributed by atoms with E-state index in [9.17, 15) is 17.8 Å². The second kappa shape index (κ2) is 8.75. The number of carbonyl (C=O) groups is 1. The minimum Gasteiger partial charge on any atom is -0.748 e. The van der Waals surface area contributed by atoms with Crippen LogP contribution in [-0.4, -0.2) is 68.9 Å². The average molecular weight is 262 g/mol. The summed E-state index contributed by atoms with van der Waals surface area (Å²) in [5.41, 5.74) is 0. The van der Waals surface area contributed by atoms with Gasteiger partial charge in [-0.15, -0.1) is 0 Å². The summed E-state index contributed by atoms with van der Waals surface area (Å²) in [5.74, 6) is -0.594. The van der Waals surface area contributed by atoms with Crippen molar-refractivity contribution in [1.82, 2.24) is 5.32 Å². The van der Waals surface area contributed by atoms with Gasteiger partial charge in [-0.1, -0.05) is 13.8 Å². The van der Waals surface area contributed by atoms with Gasteiger partial charge in [0.15, 0.2) is 0 Å². The molecular formula is C8H16CaNO4S+. The fraction of sp³-hybridized carbons (Fsp3) is 0.875. The molecule has 0 saturated heterocycles. The van der Waals surface area contributed by atoms with Crippen molar-refractivity contribution in [2.75, 3.05) is 12.3 Å². The van der Waals surface area contributed by atoms with E-state index in [1.807, 2.05) is 6.92 Å². The zero-order valence-electron chi connectivity index (χ0n) is 9.15. The van der Waals surface area contributed by atoms with Crippen molar-refractivity contribution >= 4 is 53.8 Å². The van der Waals surface area contributed by atoms with E-state index in [-0.39, 0.29) is 62.5 Å². The summed E-state index contributed by atoms with van der Waals surface area (Å²) in [7, 11) is -4.15. The molecule has 0 aromatic carbocycles. The van der Waals surface area contributed by atoms with E-state index < -0.39 is 15.9 Å². The zero-order valence-corrected chi connectivity index (χ0v) is 12.2. The summed E-state index contributed by atoms with van der Waals surface area (Å²) in [6.07, 6.45) is 0.916. The van der Waals surface area contributed by atoms with Crippen molar-refractivity contribution in [3.63, 3.8) is 0 Å². The fourth-order valence-corrected chi connectivity index (χ4v) is 1.32. The van der Waals surface area contributed by atoms with Crippen LogP contribution in [0.3, 0.4) is 0 Å². The fourth-order valence-electron chi connectivity index (χ4n) is 0.820. The van der Waals surface area contributed by atoms with E-state index in [2.05, 4.69) is 5.32 Å². The van der Waals surface area contributed by atoms with E-state index in [0.717, 1.165) is 6.42 Å². The van der Waals surface area contributed by atoms with Crippen LogP contribution in [0.15, 0.2) is 0 Å². The van der Waals surface area contributed by atoms with Crippen molar-refractivity contribution in [3.8, 4) is 0 Å². The topological polar surface area (TPSA) is 86.3 Å². The number of rotatable bonds is 6. The van der Waals surface area contributed by atoms with Gasteiger partial charge in [0.1, 0.15) is 0 Å². The van der Waals surface area contributed by atoms with Gasteiger partial charge >= 0.3 is 37.7 Å². The molecule has 5 nitrogen and oxygen atoms in total. The summed E-state index contributed by atoms with van der Waals surface area (Å²) in [6.45, 7) is 3.93. The second-order valence-electron chi connectivity index (χ2n) is 3.22. The standard InChI is InChI=1S/C8H17NO4S.Ca/c1-3-7(2)8(10)9-5-4-6-14(11,12)13;/h7H,3-6H2,1-2H3,(H,9,10)(H,11,12,13);/q;+2/p-1. The average Bonchev–Trinajstić information content (AvgIpc) is 2.09. The van der Waals surface area contributed by atoms with Crippen molar-refractivity contribution in [2.45, 2.75) is 26.7 Å². The minimum atomic E-state index is -4.15. The van der Waals surface area contributed by atoms with Gasteiger partial charge in [-0.25, -0.2) is 8.42 Å². The van der Waals surface area contributed by atoms with E-state index in [1.54, 1.807) is 6.92 Å². The van der Waals surface area contributed by atoms with Crippen LogP contribution < -0.4 is 5.32 Å². The molecule has 0 aromatic rings. The molecule has 15 heavy (non-hydrogen) atoms. The molecule has 1 amide bonds. The van der Waals surface area contributed by atoms with Gasteiger partial charge in [0.2, 0.25) is 5.91 Å². The molecule has 0 saturated carbocycles. The summed E-state index contributed by atoms with van der Waals surface area (Å²) < 4.78 is 30.6. The van der Waals surface area contributed by atoms with E-state index in [4.69, 9.17) is 0 Å². The van der Waals surface area contributed by atoms with Crippen LogP contribution in [0, 0.1) is 5.92 Å². The molecule has 0 spiro atoms. The van der Waals surface area contributed by atoms with Gasteiger partial charge in [-0.05, 0) is 12.8 Å². The Bertz CT molecular complexity index is 278. The molecule has 0 aliphatic carbocycles. The number of amides is 1. The molecule has 0 radical (unpaired) electrons. The molecule has 0 aromatic heterocycles. The summed E-state index contributed by atoms with van der Waals surface area (Å²) >= 11 is 0. The van der Waals surface area contributed by atoms with E-state index in [0.29, 0.717) is 0 Å². The molecule has 7 heteroatoms. The summed E-state index contributed by atoms with van der Waals surface area (Å²) in [6, 6.07) is 0. The van der Waals surface area contributed by atoms with Crippen molar-refractivity contribution in [3.05, 3.63) is 0 Å². The first-order valence-electron chi connectivity index (χ1n) is 4.58. The van der Waals surface area contributed by atoms with E-state index in [1.165, 1.54) is 0 Å². The number of nitrogens with one attached hydrogen (secondary N) is 1. The first kappa shape index (κ1) is 18.0.